The average Bonchev–Trinajstić information content (AvgIpc) is 3.37. The quantitative estimate of drug-likeness (QED) is 0.183. The van der Waals surface area contributed by atoms with Crippen molar-refractivity contribution in [3.05, 3.63) is 90.4 Å². The number of benzene rings is 2. The summed E-state index contributed by atoms with van der Waals surface area (Å²) in [6.07, 6.45) is 10.7. The van der Waals surface area contributed by atoms with E-state index in [-0.39, 0.29) is 0 Å². The van der Waals surface area contributed by atoms with Crippen LogP contribution in [0.3, 0.4) is 0 Å². The first-order chi connectivity index (χ1) is 14.2. The number of rotatable bonds is 4. The van der Waals surface area contributed by atoms with Gasteiger partial charge in [-0.15, -0.1) is 29.7 Å². The predicted molar refractivity (Wildman–Crippen MR) is 131 cm³/mol. The maximum absolute atomic E-state index is 4.93. The zero-order valence-corrected chi connectivity index (χ0v) is 22.5. The number of fused-ring (bicyclic) bond motifs is 2. The number of unbranched alkanes of at least 4 members (excludes halogenated alkanes) is 2. The maximum Gasteiger partial charge on any atom is -0.0809 e. The van der Waals surface area contributed by atoms with Gasteiger partial charge >= 0.3 is 37.9 Å². The minimum Gasteiger partial charge on any atom is -0.168 e. The third-order valence-electron chi connectivity index (χ3n) is 4.42. The van der Waals surface area contributed by atoms with Crippen LogP contribution in [-0.4, -0.2) is 9.52 Å². The summed E-state index contributed by atoms with van der Waals surface area (Å²) < 4.78 is 0. The van der Waals surface area contributed by atoms with Crippen molar-refractivity contribution in [3.8, 4) is 0 Å². The van der Waals surface area contributed by atoms with Gasteiger partial charge in [0.1, 0.15) is 0 Å². The SMILES string of the molecule is CC[CH-]CCC1C=Cc2ccccc21.C[Si]C.[Cl][Zr+2][Cl].c1ccc2[cH-]ccc2c1. The van der Waals surface area contributed by atoms with Gasteiger partial charge in [-0.25, -0.2) is 0 Å². The zero-order chi connectivity index (χ0) is 21.3. The first-order valence-corrected chi connectivity index (χ1v) is 18.3. The molecule has 0 saturated heterocycles. The zero-order valence-electron chi connectivity index (χ0n) is 17.5. The molecule has 152 valence electrons. The molecular weight excluding hydrogens is 490 g/mol. The van der Waals surface area contributed by atoms with Crippen LogP contribution in [0, 0.1) is 6.42 Å². The van der Waals surface area contributed by atoms with Gasteiger partial charge in [0.15, 0.2) is 0 Å². The topological polar surface area (TPSA) is 0 Å². The van der Waals surface area contributed by atoms with Crippen molar-refractivity contribution in [2.24, 2.45) is 0 Å². The Bertz CT molecular complexity index is 781. The molecule has 1 aliphatic carbocycles. The molecule has 0 fully saturated rings. The summed E-state index contributed by atoms with van der Waals surface area (Å²) in [6.45, 7) is 6.51. The van der Waals surface area contributed by atoms with Crippen LogP contribution >= 0.6 is 17.0 Å². The van der Waals surface area contributed by atoms with Gasteiger partial charge in [-0.1, -0.05) is 68.9 Å². The Balaban J connectivity index is 0.000000240. The second-order valence-electron chi connectivity index (χ2n) is 6.59. The molecule has 1 unspecified atom stereocenters. The number of allylic oxidation sites excluding steroid dienone is 1. The van der Waals surface area contributed by atoms with Crippen molar-refractivity contribution in [2.45, 2.75) is 45.2 Å². The first kappa shape index (κ1) is 26.5. The molecule has 0 aromatic heterocycles. The summed E-state index contributed by atoms with van der Waals surface area (Å²) in [7, 11) is 11.0. The van der Waals surface area contributed by atoms with Crippen LogP contribution in [0.1, 0.15) is 43.2 Å². The Morgan fingerprint density at radius 3 is 2.38 bits per heavy atom. The molecule has 0 amide bonds. The van der Waals surface area contributed by atoms with Crippen LogP contribution in [0.4, 0.5) is 0 Å². The van der Waals surface area contributed by atoms with Crippen LogP contribution in [0.15, 0.2) is 72.8 Å². The van der Waals surface area contributed by atoms with Crippen LogP contribution in [-0.2, 0) is 20.8 Å². The van der Waals surface area contributed by atoms with Crippen molar-refractivity contribution < 1.29 is 20.8 Å². The molecule has 0 heterocycles. The van der Waals surface area contributed by atoms with Crippen molar-refractivity contribution in [1.29, 1.82) is 0 Å². The molecular formula is C25H30Cl2SiZr. The van der Waals surface area contributed by atoms with Gasteiger partial charge < -0.3 is 6.42 Å². The second-order valence-corrected chi connectivity index (χ2v) is 11.3. The van der Waals surface area contributed by atoms with Crippen molar-refractivity contribution in [1.82, 2.24) is 0 Å². The Morgan fingerprint density at radius 1 is 1.03 bits per heavy atom. The smallest absolute Gasteiger partial charge is 0.0809 e. The fraction of sp³-hybridized carbons (Fsp3) is 0.280. The minimum atomic E-state index is -0.826. The van der Waals surface area contributed by atoms with E-state index in [0.717, 1.165) is 9.52 Å². The number of hydrogen-bond acceptors (Lipinski definition) is 0. The van der Waals surface area contributed by atoms with E-state index < -0.39 is 20.8 Å². The van der Waals surface area contributed by atoms with E-state index in [0.29, 0.717) is 5.92 Å². The number of hydrogen-bond donors (Lipinski definition) is 0. The molecule has 3 aromatic carbocycles. The molecule has 0 spiro atoms. The molecule has 0 bridgehead atoms. The molecule has 4 heteroatoms. The normalized spacial score (nSPS) is 13.1. The van der Waals surface area contributed by atoms with Gasteiger partial charge in [0.2, 0.25) is 0 Å². The third-order valence-corrected chi connectivity index (χ3v) is 4.42. The van der Waals surface area contributed by atoms with Gasteiger partial charge in [-0.2, -0.15) is 30.4 Å². The number of halogens is 2. The molecule has 0 N–H and O–H groups in total. The molecule has 4 rings (SSSR count). The molecule has 29 heavy (non-hydrogen) atoms. The summed E-state index contributed by atoms with van der Waals surface area (Å²) in [6, 6.07) is 23.4. The Labute approximate surface area is 198 Å². The van der Waals surface area contributed by atoms with E-state index in [4.69, 9.17) is 17.0 Å². The summed E-state index contributed by atoms with van der Waals surface area (Å²) in [5, 5.41) is 2.66. The van der Waals surface area contributed by atoms with E-state index >= 15 is 0 Å². The van der Waals surface area contributed by atoms with Gasteiger partial charge in [0, 0.05) is 15.4 Å². The minimum absolute atomic E-state index is 0.661. The van der Waals surface area contributed by atoms with E-state index in [2.05, 4.69) is 105 Å². The summed E-state index contributed by atoms with van der Waals surface area (Å²) >= 11 is -0.826. The Kier molecular flexibility index (Phi) is 15.7. The van der Waals surface area contributed by atoms with Crippen molar-refractivity contribution in [2.75, 3.05) is 0 Å². The van der Waals surface area contributed by atoms with E-state index in [1.165, 1.54) is 41.2 Å². The van der Waals surface area contributed by atoms with E-state index in [9.17, 15) is 0 Å². The second kappa shape index (κ2) is 17.2. The predicted octanol–water partition coefficient (Wildman–Crippen LogP) is 8.91. The Hall–Kier alpha value is -0.530. The summed E-state index contributed by atoms with van der Waals surface area (Å²) in [5.41, 5.74) is 2.92. The first-order valence-electron chi connectivity index (χ1n) is 9.95. The van der Waals surface area contributed by atoms with E-state index in [1.54, 1.807) is 0 Å². The molecule has 1 aliphatic rings. The average molecular weight is 521 g/mol. The standard InChI is InChI=1S/C14H17.C9H7.C2H6Si.2ClH.Zr/c1-2-3-4-7-12-10-11-13-8-5-6-9-14(12)13;1-2-5-9-7-3-6-8(9)4-1;1-3-2;;;/h3,5-6,8-12H,2,4,7H2,1H3;1-7H;1-2H3;2*1H;/q2*-1;;;;+4/p-2. The van der Waals surface area contributed by atoms with Crippen LogP contribution in [0.5, 0.6) is 0 Å². The molecule has 3 aromatic rings. The fourth-order valence-corrected chi connectivity index (χ4v) is 3.15. The maximum atomic E-state index is 4.93. The van der Waals surface area contributed by atoms with Crippen LogP contribution in [0.2, 0.25) is 13.1 Å². The van der Waals surface area contributed by atoms with Gasteiger partial charge in [-0.05, 0) is 11.1 Å². The van der Waals surface area contributed by atoms with Gasteiger partial charge in [0.25, 0.3) is 0 Å². The summed E-state index contributed by atoms with van der Waals surface area (Å²) in [4.78, 5) is 0. The molecule has 1 atom stereocenters. The van der Waals surface area contributed by atoms with Crippen molar-refractivity contribution in [3.63, 3.8) is 0 Å². The van der Waals surface area contributed by atoms with Gasteiger partial charge in [-0.3, -0.25) is 0 Å². The molecule has 0 aliphatic heterocycles. The van der Waals surface area contributed by atoms with Crippen LogP contribution < -0.4 is 0 Å². The third kappa shape index (κ3) is 10.4. The summed E-state index contributed by atoms with van der Waals surface area (Å²) in [5.74, 6) is 0.661. The molecule has 0 nitrogen and oxygen atoms in total. The fourth-order valence-electron chi connectivity index (χ4n) is 3.15. The monoisotopic (exact) mass is 518 g/mol. The van der Waals surface area contributed by atoms with E-state index in [1.807, 2.05) is 0 Å². The Morgan fingerprint density at radius 2 is 1.69 bits per heavy atom. The molecule has 0 saturated carbocycles. The van der Waals surface area contributed by atoms with Gasteiger partial charge in [0.05, 0.1) is 0 Å². The largest absolute Gasteiger partial charge is 0.168 e. The van der Waals surface area contributed by atoms with Crippen LogP contribution in [0.25, 0.3) is 16.8 Å². The molecule has 2 radical (unpaired) electrons. The van der Waals surface area contributed by atoms with Crippen molar-refractivity contribution >= 4 is 43.4 Å².